The molecule has 3 aromatic rings. The number of pyridine rings is 1. The van der Waals surface area contributed by atoms with Gasteiger partial charge in [-0.1, -0.05) is 25.5 Å². The Hall–Kier alpha value is -3.55. The highest BCUT2D eigenvalue weighted by Crippen LogP contribution is 2.32. The molecule has 3 heterocycles. The first-order valence-corrected chi connectivity index (χ1v) is 9.59. The van der Waals surface area contributed by atoms with Crippen molar-refractivity contribution in [3.05, 3.63) is 59.7 Å². The molecule has 8 heteroatoms. The lowest BCUT2D eigenvalue weighted by Gasteiger charge is -2.06. The molecule has 0 saturated heterocycles. The van der Waals surface area contributed by atoms with Gasteiger partial charge in [0, 0.05) is 19.3 Å². The number of rotatable bonds is 7. The number of benzene rings is 1. The first kappa shape index (κ1) is 18.8. The summed E-state index contributed by atoms with van der Waals surface area (Å²) in [6, 6.07) is 10.9. The van der Waals surface area contributed by atoms with Crippen LogP contribution in [-0.2, 0) is 6.54 Å². The second-order valence-corrected chi connectivity index (χ2v) is 6.72. The Morgan fingerprint density at radius 3 is 2.83 bits per heavy atom. The van der Waals surface area contributed by atoms with E-state index in [0.717, 1.165) is 18.4 Å². The van der Waals surface area contributed by atoms with E-state index in [4.69, 9.17) is 9.47 Å². The maximum absolute atomic E-state index is 12.8. The van der Waals surface area contributed by atoms with Crippen LogP contribution in [0.25, 0.3) is 5.52 Å². The monoisotopic (exact) mass is 394 g/mol. The third-order valence-electron chi connectivity index (χ3n) is 4.67. The molecule has 0 unspecified atom stereocenters. The number of amides is 2. The number of nitrogens with zero attached hydrogens (tertiary/aromatic N) is 2. The lowest BCUT2D eigenvalue weighted by atomic mass is 10.2. The number of ether oxygens (including phenoxy) is 2. The summed E-state index contributed by atoms with van der Waals surface area (Å²) in [5.74, 6) is 0.877. The van der Waals surface area contributed by atoms with Crippen LogP contribution in [0.15, 0.2) is 42.6 Å². The van der Waals surface area contributed by atoms with Crippen LogP contribution < -0.4 is 20.1 Å². The number of hydrogen-bond donors (Lipinski definition) is 2. The minimum absolute atomic E-state index is 0.169. The van der Waals surface area contributed by atoms with Crippen molar-refractivity contribution in [1.82, 2.24) is 20.0 Å². The molecule has 2 amide bonds. The molecule has 2 N–H and O–H groups in total. The second kappa shape index (κ2) is 8.22. The summed E-state index contributed by atoms with van der Waals surface area (Å²) in [6.45, 7) is 3.14. The summed E-state index contributed by atoms with van der Waals surface area (Å²) < 4.78 is 12.3. The van der Waals surface area contributed by atoms with Gasteiger partial charge < -0.3 is 20.1 Å². The van der Waals surface area contributed by atoms with E-state index in [2.05, 4.69) is 22.5 Å². The number of fused-ring (bicyclic) bond motifs is 2. The average Bonchev–Trinajstić information content (AvgIpc) is 3.36. The lowest BCUT2D eigenvalue weighted by Crippen LogP contribution is -2.26. The summed E-state index contributed by atoms with van der Waals surface area (Å²) in [6.07, 6.45) is 3.60. The van der Waals surface area contributed by atoms with Gasteiger partial charge in [-0.05, 0) is 36.2 Å². The fraction of sp³-hybridized carbons (Fsp3) is 0.286. The molecule has 29 heavy (non-hydrogen) atoms. The summed E-state index contributed by atoms with van der Waals surface area (Å²) >= 11 is 0. The minimum atomic E-state index is -0.364. The number of nitrogens with one attached hydrogen (secondary N) is 2. The molecule has 0 radical (unpaired) electrons. The molecule has 1 aromatic carbocycles. The van der Waals surface area contributed by atoms with Crippen molar-refractivity contribution >= 4 is 17.3 Å². The van der Waals surface area contributed by atoms with Gasteiger partial charge in [0.15, 0.2) is 17.2 Å². The van der Waals surface area contributed by atoms with Gasteiger partial charge in [-0.3, -0.25) is 14.0 Å². The Bertz CT molecular complexity index is 1060. The number of unbranched alkanes of at least 4 members (excludes halogenated alkanes) is 1. The van der Waals surface area contributed by atoms with E-state index in [1.807, 2.05) is 24.3 Å². The maximum Gasteiger partial charge on any atom is 0.287 e. The topological polar surface area (TPSA) is 94.0 Å². The Kier molecular flexibility index (Phi) is 5.33. The molecule has 4 rings (SSSR count). The SMILES string of the molecule is CCCCNC(=O)c1nc(C(=O)NCc2ccc3c(c2)OCO3)n2ccccc12. The van der Waals surface area contributed by atoms with Crippen molar-refractivity contribution in [2.75, 3.05) is 13.3 Å². The molecule has 2 aromatic heterocycles. The van der Waals surface area contributed by atoms with E-state index in [9.17, 15) is 9.59 Å². The van der Waals surface area contributed by atoms with Crippen LogP contribution in [0, 0.1) is 0 Å². The van der Waals surface area contributed by atoms with Gasteiger partial charge in [0.1, 0.15) is 0 Å². The predicted molar refractivity (Wildman–Crippen MR) is 106 cm³/mol. The third kappa shape index (κ3) is 3.87. The molecule has 1 aliphatic rings. The van der Waals surface area contributed by atoms with Crippen LogP contribution >= 0.6 is 0 Å². The summed E-state index contributed by atoms with van der Waals surface area (Å²) in [5.41, 5.74) is 1.71. The Labute approximate surface area is 167 Å². The second-order valence-electron chi connectivity index (χ2n) is 6.72. The molecular weight excluding hydrogens is 372 g/mol. The standard InChI is InChI=1S/C21H22N4O4/c1-2-3-9-22-20(26)18-15-6-4-5-10-25(15)19(24-18)21(27)23-12-14-7-8-16-17(11-14)29-13-28-16/h4-8,10-11H,2-3,9,12-13H2,1H3,(H,22,26)(H,23,27). The molecule has 0 aliphatic carbocycles. The van der Waals surface area contributed by atoms with Crippen LogP contribution in [0.4, 0.5) is 0 Å². The van der Waals surface area contributed by atoms with E-state index < -0.39 is 0 Å². The number of hydrogen-bond acceptors (Lipinski definition) is 5. The molecular formula is C21H22N4O4. The largest absolute Gasteiger partial charge is 0.454 e. The van der Waals surface area contributed by atoms with Crippen molar-refractivity contribution in [2.24, 2.45) is 0 Å². The van der Waals surface area contributed by atoms with Gasteiger partial charge in [0.25, 0.3) is 11.8 Å². The van der Waals surface area contributed by atoms with E-state index in [-0.39, 0.29) is 30.1 Å². The fourth-order valence-electron chi connectivity index (χ4n) is 3.14. The predicted octanol–water partition coefficient (Wildman–Crippen LogP) is 2.52. The quantitative estimate of drug-likeness (QED) is 0.601. The van der Waals surface area contributed by atoms with E-state index in [0.29, 0.717) is 30.1 Å². The lowest BCUT2D eigenvalue weighted by molar-refractivity contribution is 0.0939. The Morgan fingerprint density at radius 1 is 1.10 bits per heavy atom. The van der Waals surface area contributed by atoms with Crippen LogP contribution in [-0.4, -0.2) is 34.5 Å². The van der Waals surface area contributed by atoms with E-state index >= 15 is 0 Å². The normalized spacial score (nSPS) is 12.2. The first-order chi connectivity index (χ1) is 14.2. The van der Waals surface area contributed by atoms with Gasteiger partial charge in [0.05, 0.1) is 5.52 Å². The molecule has 150 valence electrons. The van der Waals surface area contributed by atoms with Crippen LogP contribution in [0.2, 0.25) is 0 Å². The Balaban J connectivity index is 1.52. The molecule has 1 aliphatic heterocycles. The average molecular weight is 394 g/mol. The van der Waals surface area contributed by atoms with Gasteiger partial charge >= 0.3 is 0 Å². The maximum atomic E-state index is 12.8. The highest BCUT2D eigenvalue weighted by Gasteiger charge is 2.21. The first-order valence-electron chi connectivity index (χ1n) is 9.59. The van der Waals surface area contributed by atoms with Crippen LogP contribution in [0.3, 0.4) is 0 Å². The molecule has 0 atom stereocenters. The molecule has 0 saturated carbocycles. The van der Waals surface area contributed by atoms with E-state index in [1.165, 1.54) is 0 Å². The van der Waals surface area contributed by atoms with Crippen LogP contribution in [0.5, 0.6) is 11.5 Å². The zero-order chi connectivity index (χ0) is 20.2. The number of imidazole rings is 1. The molecule has 0 fully saturated rings. The summed E-state index contributed by atoms with van der Waals surface area (Å²) in [7, 11) is 0. The smallest absolute Gasteiger partial charge is 0.287 e. The van der Waals surface area contributed by atoms with Gasteiger partial charge in [-0.25, -0.2) is 4.98 Å². The third-order valence-corrected chi connectivity index (χ3v) is 4.67. The van der Waals surface area contributed by atoms with Crippen molar-refractivity contribution in [2.45, 2.75) is 26.3 Å². The number of carbonyl (C=O) groups excluding carboxylic acids is 2. The van der Waals surface area contributed by atoms with Crippen LogP contribution in [0.1, 0.15) is 46.4 Å². The molecule has 0 spiro atoms. The number of aromatic nitrogens is 2. The highest BCUT2D eigenvalue weighted by atomic mass is 16.7. The zero-order valence-corrected chi connectivity index (χ0v) is 16.1. The van der Waals surface area contributed by atoms with E-state index in [1.54, 1.807) is 22.7 Å². The minimum Gasteiger partial charge on any atom is -0.454 e. The van der Waals surface area contributed by atoms with Gasteiger partial charge in [-0.2, -0.15) is 0 Å². The van der Waals surface area contributed by atoms with Crippen molar-refractivity contribution in [3.63, 3.8) is 0 Å². The van der Waals surface area contributed by atoms with Crippen molar-refractivity contribution in [1.29, 1.82) is 0 Å². The Morgan fingerprint density at radius 2 is 1.97 bits per heavy atom. The highest BCUT2D eigenvalue weighted by molar-refractivity contribution is 6.02. The summed E-state index contributed by atoms with van der Waals surface area (Å²) in [4.78, 5) is 29.6. The van der Waals surface area contributed by atoms with Crippen molar-refractivity contribution in [3.8, 4) is 11.5 Å². The number of carbonyl (C=O) groups is 2. The fourth-order valence-corrected chi connectivity index (χ4v) is 3.14. The summed E-state index contributed by atoms with van der Waals surface area (Å²) in [5, 5.41) is 5.71. The van der Waals surface area contributed by atoms with Crippen molar-refractivity contribution < 1.29 is 19.1 Å². The molecule has 0 bridgehead atoms. The van der Waals surface area contributed by atoms with Gasteiger partial charge in [-0.15, -0.1) is 0 Å². The molecule has 8 nitrogen and oxygen atoms in total. The zero-order valence-electron chi connectivity index (χ0n) is 16.1. The van der Waals surface area contributed by atoms with Gasteiger partial charge in [0.2, 0.25) is 12.6 Å².